The first kappa shape index (κ1) is 19.2. The van der Waals surface area contributed by atoms with E-state index >= 15 is 0 Å². The molecule has 2 atom stereocenters. The molecule has 0 amide bonds. The number of benzene rings is 2. The van der Waals surface area contributed by atoms with E-state index in [9.17, 15) is 22.7 Å². The predicted octanol–water partition coefficient (Wildman–Crippen LogP) is 3.20. The average Bonchev–Trinajstić information content (AvgIpc) is 2.56. The van der Waals surface area contributed by atoms with Crippen LogP contribution in [0.5, 0.6) is 5.75 Å². The molecule has 0 radical (unpaired) electrons. The van der Waals surface area contributed by atoms with Gasteiger partial charge in [-0.1, -0.05) is 6.07 Å². The van der Waals surface area contributed by atoms with Crippen LogP contribution in [0.1, 0.15) is 12.5 Å². The summed E-state index contributed by atoms with van der Waals surface area (Å²) in [6.45, 7) is 2.12. The van der Waals surface area contributed by atoms with Crippen LogP contribution < -0.4 is 10.1 Å². The van der Waals surface area contributed by atoms with Crippen LogP contribution in [0, 0.1) is 23.3 Å². The normalized spacial score (nSPS) is 13.5. The number of hydrogen-bond acceptors (Lipinski definition) is 3. The van der Waals surface area contributed by atoms with E-state index in [1.165, 1.54) is 12.1 Å². The molecule has 25 heavy (non-hydrogen) atoms. The standard InChI is InChI=1S/C18H19F4NO2/c1-11(10-25-15-4-5-16(20)18(22)8-15)23-9-14(24)6-12-2-3-13(19)7-17(12)21/h2-5,7-8,11,14,23-24H,6,9-10H2,1H3/t11-,14+/m0/s1. The molecule has 2 aromatic carbocycles. The van der Waals surface area contributed by atoms with Crippen molar-refractivity contribution in [3.05, 3.63) is 65.2 Å². The summed E-state index contributed by atoms with van der Waals surface area (Å²) in [6, 6.07) is 6.25. The summed E-state index contributed by atoms with van der Waals surface area (Å²) < 4.78 is 57.6. The van der Waals surface area contributed by atoms with Crippen molar-refractivity contribution >= 4 is 0 Å². The lowest BCUT2D eigenvalue weighted by Crippen LogP contribution is -2.38. The van der Waals surface area contributed by atoms with E-state index in [1.807, 2.05) is 0 Å². The highest BCUT2D eigenvalue weighted by Crippen LogP contribution is 2.15. The summed E-state index contributed by atoms with van der Waals surface area (Å²) in [4.78, 5) is 0. The fourth-order valence-electron chi connectivity index (χ4n) is 2.20. The Kier molecular flexibility index (Phi) is 6.78. The summed E-state index contributed by atoms with van der Waals surface area (Å²) in [5.74, 6) is -3.11. The van der Waals surface area contributed by atoms with Crippen LogP contribution in [0.3, 0.4) is 0 Å². The van der Waals surface area contributed by atoms with Gasteiger partial charge in [0.05, 0.1) is 6.10 Å². The maximum absolute atomic E-state index is 13.5. The molecule has 0 saturated carbocycles. The summed E-state index contributed by atoms with van der Waals surface area (Å²) in [7, 11) is 0. The van der Waals surface area contributed by atoms with Gasteiger partial charge in [0.1, 0.15) is 24.0 Å². The zero-order chi connectivity index (χ0) is 18.4. The molecule has 0 aliphatic rings. The molecule has 2 aromatic rings. The van der Waals surface area contributed by atoms with Gasteiger partial charge < -0.3 is 15.2 Å². The van der Waals surface area contributed by atoms with Gasteiger partial charge in [0.25, 0.3) is 0 Å². The first-order chi connectivity index (χ1) is 11.8. The van der Waals surface area contributed by atoms with Crippen LogP contribution in [0.25, 0.3) is 0 Å². The molecule has 0 spiro atoms. The van der Waals surface area contributed by atoms with Gasteiger partial charge in [-0.2, -0.15) is 0 Å². The van der Waals surface area contributed by atoms with Crippen molar-refractivity contribution < 1.29 is 27.4 Å². The topological polar surface area (TPSA) is 41.5 Å². The zero-order valence-corrected chi connectivity index (χ0v) is 13.6. The van der Waals surface area contributed by atoms with Crippen LogP contribution >= 0.6 is 0 Å². The minimum Gasteiger partial charge on any atom is -0.492 e. The number of hydrogen-bond donors (Lipinski definition) is 2. The van der Waals surface area contributed by atoms with E-state index in [0.29, 0.717) is 0 Å². The predicted molar refractivity (Wildman–Crippen MR) is 85.4 cm³/mol. The maximum atomic E-state index is 13.5. The number of nitrogens with one attached hydrogen (secondary N) is 1. The molecule has 0 unspecified atom stereocenters. The van der Waals surface area contributed by atoms with Crippen LogP contribution in [-0.2, 0) is 6.42 Å². The van der Waals surface area contributed by atoms with E-state index in [0.717, 1.165) is 24.3 Å². The Morgan fingerprint density at radius 1 is 1.00 bits per heavy atom. The highest BCUT2D eigenvalue weighted by molar-refractivity contribution is 5.23. The number of aliphatic hydroxyl groups is 1. The minimum absolute atomic E-state index is 0.0376. The van der Waals surface area contributed by atoms with Crippen molar-refractivity contribution in [1.29, 1.82) is 0 Å². The lowest BCUT2D eigenvalue weighted by atomic mass is 10.1. The fraction of sp³-hybridized carbons (Fsp3) is 0.333. The molecule has 3 nitrogen and oxygen atoms in total. The molecule has 2 N–H and O–H groups in total. The molecule has 7 heteroatoms. The Hall–Kier alpha value is -2.12. The van der Waals surface area contributed by atoms with Crippen molar-refractivity contribution in [2.45, 2.75) is 25.5 Å². The van der Waals surface area contributed by atoms with E-state index in [4.69, 9.17) is 4.74 Å². The van der Waals surface area contributed by atoms with Crippen molar-refractivity contribution in [2.24, 2.45) is 0 Å². The maximum Gasteiger partial charge on any atom is 0.162 e. The Morgan fingerprint density at radius 2 is 1.76 bits per heavy atom. The molecule has 0 bridgehead atoms. The number of halogens is 4. The minimum atomic E-state index is -0.991. The van der Waals surface area contributed by atoms with Crippen molar-refractivity contribution in [3.8, 4) is 5.75 Å². The lowest BCUT2D eigenvalue weighted by molar-refractivity contribution is 0.160. The smallest absolute Gasteiger partial charge is 0.162 e. The lowest BCUT2D eigenvalue weighted by Gasteiger charge is -2.18. The third kappa shape index (κ3) is 6.03. The summed E-state index contributed by atoms with van der Waals surface area (Å²) >= 11 is 0. The van der Waals surface area contributed by atoms with Gasteiger partial charge in [0.2, 0.25) is 0 Å². The molecule has 0 heterocycles. The average molecular weight is 357 g/mol. The van der Waals surface area contributed by atoms with Crippen LogP contribution in [0.15, 0.2) is 36.4 Å². The highest BCUT2D eigenvalue weighted by Gasteiger charge is 2.12. The van der Waals surface area contributed by atoms with Crippen molar-refractivity contribution in [3.63, 3.8) is 0 Å². The quantitative estimate of drug-likeness (QED) is 0.713. The molecular weight excluding hydrogens is 338 g/mol. The number of ether oxygens (including phenoxy) is 1. The fourth-order valence-corrected chi connectivity index (χ4v) is 2.20. The molecule has 2 rings (SSSR count). The van der Waals surface area contributed by atoms with E-state index < -0.39 is 29.4 Å². The van der Waals surface area contributed by atoms with E-state index in [2.05, 4.69) is 5.32 Å². The van der Waals surface area contributed by atoms with Crippen LogP contribution in [0.2, 0.25) is 0 Å². The first-order valence-electron chi connectivity index (χ1n) is 7.78. The third-order valence-corrected chi connectivity index (χ3v) is 3.56. The van der Waals surface area contributed by atoms with Gasteiger partial charge in [0.15, 0.2) is 11.6 Å². The summed E-state index contributed by atoms with van der Waals surface area (Å²) in [5, 5.41) is 12.9. The molecular formula is C18H19F4NO2. The second-order valence-corrected chi connectivity index (χ2v) is 5.79. The van der Waals surface area contributed by atoms with Crippen molar-refractivity contribution in [2.75, 3.05) is 13.2 Å². The molecule has 136 valence electrons. The van der Waals surface area contributed by atoms with Gasteiger partial charge in [-0.15, -0.1) is 0 Å². The molecule has 0 aliphatic carbocycles. The van der Waals surface area contributed by atoms with Gasteiger partial charge in [0, 0.05) is 31.1 Å². The number of aliphatic hydroxyl groups excluding tert-OH is 1. The van der Waals surface area contributed by atoms with Gasteiger partial charge in [-0.25, -0.2) is 17.6 Å². The second-order valence-electron chi connectivity index (χ2n) is 5.79. The van der Waals surface area contributed by atoms with Gasteiger partial charge >= 0.3 is 0 Å². The Labute approximate surface area is 143 Å². The van der Waals surface area contributed by atoms with Crippen LogP contribution in [0.4, 0.5) is 17.6 Å². The SMILES string of the molecule is C[C@@H](COc1ccc(F)c(F)c1)NC[C@H](O)Cc1ccc(F)cc1F. The largest absolute Gasteiger partial charge is 0.492 e. The molecule has 0 saturated heterocycles. The Morgan fingerprint density at radius 3 is 2.44 bits per heavy atom. The zero-order valence-electron chi connectivity index (χ0n) is 13.6. The van der Waals surface area contributed by atoms with Crippen LogP contribution in [-0.4, -0.2) is 30.4 Å². The summed E-state index contributed by atoms with van der Waals surface area (Å²) in [5.41, 5.74) is 0.224. The van der Waals surface area contributed by atoms with Crippen molar-refractivity contribution in [1.82, 2.24) is 5.32 Å². The molecule has 0 fully saturated rings. The highest BCUT2D eigenvalue weighted by atomic mass is 19.2. The number of rotatable bonds is 8. The van der Waals surface area contributed by atoms with Gasteiger partial charge in [-0.3, -0.25) is 0 Å². The Bertz CT molecular complexity index is 711. The van der Waals surface area contributed by atoms with Gasteiger partial charge in [-0.05, 0) is 30.7 Å². The monoisotopic (exact) mass is 357 g/mol. The molecule has 0 aromatic heterocycles. The summed E-state index contributed by atoms with van der Waals surface area (Å²) in [6.07, 6.45) is -0.832. The van der Waals surface area contributed by atoms with E-state index in [1.54, 1.807) is 6.92 Å². The van der Waals surface area contributed by atoms with E-state index in [-0.39, 0.29) is 36.9 Å². The Balaban J connectivity index is 1.75. The first-order valence-corrected chi connectivity index (χ1v) is 7.78. The third-order valence-electron chi connectivity index (χ3n) is 3.56. The molecule has 0 aliphatic heterocycles. The second kappa shape index (κ2) is 8.82.